The van der Waals surface area contributed by atoms with Gasteiger partial charge < -0.3 is 0 Å². The van der Waals surface area contributed by atoms with Crippen molar-refractivity contribution in [1.82, 2.24) is 0 Å². The highest BCUT2D eigenvalue weighted by Crippen LogP contribution is 2.40. The van der Waals surface area contributed by atoms with E-state index in [4.69, 9.17) is 0 Å². The Kier molecular flexibility index (Phi) is 4.90. The van der Waals surface area contributed by atoms with Crippen LogP contribution in [0.2, 0.25) is 0 Å². The van der Waals surface area contributed by atoms with Crippen LogP contribution >= 0.6 is 39.0 Å². The van der Waals surface area contributed by atoms with Gasteiger partial charge in [0.05, 0.1) is 4.83 Å². The van der Waals surface area contributed by atoms with Gasteiger partial charge in [-0.1, -0.05) is 53.5 Å². The van der Waals surface area contributed by atoms with Gasteiger partial charge in [0, 0.05) is 15.5 Å². The quantitative estimate of drug-likeness (QED) is 0.600. The van der Waals surface area contributed by atoms with Crippen LogP contribution in [0.1, 0.15) is 44.6 Å². The zero-order chi connectivity index (χ0) is 13.9. The second kappa shape index (κ2) is 6.67. The lowest BCUT2D eigenvalue weighted by molar-refractivity contribution is 0.920. The summed E-state index contributed by atoms with van der Waals surface area (Å²) in [4.78, 5) is 3.41. The van der Waals surface area contributed by atoms with Crippen LogP contribution in [0.25, 0.3) is 0 Å². The van der Waals surface area contributed by atoms with E-state index in [1.165, 1.54) is 46.8 Å². The normalized spacial score (nSPS) is 15.9. The number of hydrogen-bond donors (Lipinski definition) is 0. The van der Waals surface area contributed by atoms with Crippen molar-refractivity contribution < 1.29 is 0 Å². The summed E-state index contributed by atoms with van der Waals surface area (Å²) in [5.41, 5.74) is 4.38. The predicted molar refractivity (Wildman–Crippen MR) is 95.4 cm³/mol. The second-order valence-corrected chi connectivity index (χ2v) is 8.44. The average Bonchev–Trinajstić information content (AvgIpc) is 2.91. The minimum Gasteiger partial charge on any atom is -0.157 e. The molecule has 0 radical (unpaired) electrons. The van der Waals surface area contributed by atoms with E-state index in [2.05, 4.69) is 64.9 Å². The Morgan fingerprint density at radius 1 is 1.25 bits per heavy atom. The molecule has 0 bridgehead atoms. The molecular formula is C17H19BrS2. The third-order valence-electron chi connectivity index (χ3n) is 3.71. The second-order valence-electron chi connectivity index (χ2n) is 5.25. The van der Waals surface area contributed by atoms with E-state index in [-0.39, 0.29) is 0 Å². The Morgan fingerprint density at radius 3 is 2.75 bits per heavy atom. The molecule has 1 atom stereocenters. The number of benzene rings is 1. The van der Waals surface area contributed by atoms with Crippen LogP contribution < -0.4 is 0 Å². The van der Waals surface area contributed by atoms with Gasteiger partial charge in [-0.25, -0.2) is 0 Å². The maximum Gasteiger partial charge on any atom is 0.0738 e. The highest BCUT2D eigenvalue weighted by molar-refractivity contribution is 9.09. The molecule has 0 saturated heterocycles. The van der Waals surface area contributed by atoms with Gasteiger partial charge in [-0.3, -0.25) is 0 Å². The fourth-order valence-corrected chi connectivity index (χ4v) is 5.70. The van der Waals surface area contributed by atoms with E-state index in [9.17, 15) is 0 Å². The van der Waals surface area contributed by atoms with E-state index in [1.54, 1.807) is 10.4 Å². The van der Waals surface area contributed by atoms with Crippen molar-refractivity contribution in [2.24, 2.45) is 0 Å². The summed E-state index contributed by atoms with van der Waals surface area (Å²) in [5.74, 6) is 2.48. The van der Waals surface area contributed by atoms with E-state index < -0.39 is 0 Å². The zero-order valence-electron chi connectivity index (χ0n) is 11.7. The van der Waals surface area contributed by atoms with Gasteiger partial charge in [0.1, 0.15) is 0 Å². The monoisotopic (exact) mass is 366 g/mol. The molecule has 1 unspecified atom stereocenters. The first-order valence-corrected chi connectivity index (χ1v) is 10.1. The SMILES string of the molecule is CCCc1ccc(C(Br)c2cc3c(s2)CCSC3)cc1. The van der Waals surface area contributed by atoms with Crippen LogP contribution in [0.4, 0.5) is 0 Å². The third kappa shape index (κ3) is 3.15. The van der Waals surface area contributed by atoms with Gasteiger partial charge in [0.2, 0.25) is 0 Å². The zero-order valence-corrected chi connectivity index (χ0v) is 14.9. The van der Waals surface area contributed by atoms with Gasteiger partial charge in [-0.15, -0.1) is 11.3 Å². The summed E-state index contributed by atoms with van der Waals surface area (Å²) in [7, 11) is 0. The Bertz CT molecular complexity index is 548. The molecule has 106 valence electrons. The first-order chi connectivity index (χ1) is 9.78. The lowest BCUT2D eigenvalue weighted by Gasteiger charge is -2.09. The number of halogens is 1. The number of alkyl halides is 1. The van der Waals surface area contributed by atoms with Crippen LogP contribution in [0.3, 0.4) is 0 Å². The summed E-state index contributed by atoms with van der Waals surface area (Å²) in [6, 6.07) is 11.5. The molecule has 2 heterocycles. The molecule has 0 N–H and O–H groups in total. The molecule has 1 aliphatic rings. The molecule has 1 aromatic carbocycles. The molecule has 0 fully saturated rings. The lowest BCUT2D eigenvalue weighted by Crippen LogP contribution is -1.96. The summed E-state index contributed by atoms with van der Waals surface area (Å²) in [6.07, 6.45) is 3.64. The molecule has 3 heteroatoms. The maximum atomic E-state index is 3.89. The minimum absolute atomic E-state index is 0.346. The van der Waals surface area contributed by atoms with Crippen molar-refractivity contribution in [2.75, 3.05) is 5.75 Å². The molecular weight excluding hydrogens is 348 g/mol. The van der Waals surface area contributed by atoms with E-state index in [0.717, 1.165) is 0 Å². The Morgan fingerprint density at radius 2 is 2.05 bits per heavy atom. The van der Waals surface area contributed by atoms with Crippen LogP contribution in [-0.2, 0) is 18.6 Å². The minimum atomic E-state index is 0.346. The molecule has 1 aliphatic heterocycles. The van der Waals surface area contributed by atoms with E-state index in [1.807, 2.05) is 11.3 Å². The molecule has 1 aromatic heterocycles. The molecule has 3 rings (SSSR count). The number of thioether (sulfide) groups is 1. The first-order valence-electron chi connectivity index (χ1n) is 7.20. The summed E-state index contributed by atoms with van der Waals surface area (Å²) in [5, 5.41) is 0. The Hall–Kier alpha value is -0.250. The molecule has 20 heavy (non-hydrogen) atoms. The highest BCUT2D eigenvalue weighted by Gasteiger charge is 2.18. The van der Waals surface area contributed by atoms with Crippen LogP contribution in [-0.4, -0.2) is 5.75 Å². The summed E-state index contributed by atoms with van der Waals surface area (Å²) in [6.45, 7) is 2.23. The van der Waals surface area contributed by atoms with Crippen LogP contribution in [0.15, 0.2) is 30.3 Å². The van der Waals surface area contributed by atoms with Crippen molar-refractivity contribution in [2.45, 2.75) is 36.8 Å². The van der Waals surface area contributed by atoms with Crippen LogP contribution in [0.5, 0.6) is 0 Å². The largest absolute Gasteiger partial charge is 0.157 e. The van der Waals surface area contributed by atoms with Gasteiger partial charge in [-0.05, 0) is 41.4 Å². The van der Waals surface area contributed by atoms with Crippen LogP contribution in [0, 0.1) is 0 Å². The molecule has 0 amide bonds. The Labute approximate surface area is 138 Å². The summed E-state index contributed by atoms with van der Waals surface area (Å²) >= 11 is 7.94. The fraction of sp³-hybridized carbons (Fsp3) is 0.412. The standard InChI is InChI=1S/C17H19BrS2/c1-2-3-12-4-6-13(7-5-12)17(18)16-10-14-11-19-9-8-15(14)20-16/h4-7,10,17H,2-3,8-9,11H2,1H3. The average molecular weight is 367 g/mol. The third-order valence-corrected chi connectivity index (χ3v) is 7.34. The van der Waals surface area contributed by atoms with Gasteiger partial charge in [0.15, 0.2) is 0 Å². The van der Waals surface area contributed by atoms with Crippen molar-refractivity contribution in [1.29, 1.82) is 0 Å². The van der Waals surface area contributed by atoms with Crippen molar-refractivity contribution in [3.63, 3.8) is 0 Å². The number of fused-ring (bicyclic) bond motifs is 1. The number of rotatable bonds is 4. The number of thiophene rings is 1. The summed E-state index contributed by atoms with van der Waals surface area (Å²) < 4.78 is 0. The molecule has 0 nitrogen and oxygen atoms in total. The molecule has 0 spiro atoms. The van der Waals surface area contributed by atoms with Crippen molar-refractivity contribution in [3.05, 3.63) is 56.8 Å². The topological polar surface area (TPSA) is 0 Å². The molecule has 2 aromatic rings. The maximum absolute atomic E-state index is 3.89. The highest BCUT2D eigenvalue weighted by atomic mass is 79.9. The van der Waals surface area contributed by atoms with Crippen molar-refractivity contribution >= 4 is 39.0 Å². The smallest absolute Gasteiger partial charge is 0.0738 e. The number of aryl methyl sites for hydroxylation is 2. The first kappa shape index (κ1) is 14.7. The lowest BCUT2D eigenvalue weighted by atomic mass is 10.1. The fourth-order valence-electron chi connectivity index (χ4n) is 2.60. The molecule has 0 saturated carbocycles. The van der Waals surface area contributed by atoms with Gasteiger partial charge in [-0.2, -0.15) is 11.8 Å². The number of hydrogen-bond acceptors (Lipinski definition) is 2. The van der Waals surface area contributed by atoms with Gasteiger partial charge in [0.25, 0.3) is 0 Å². The molecule has 0 aliphatic carbocycles. The van der Waals surface area contributed by atoms with Gasteiger partial charge >= 0.3 is 0 Å². The van der Waals surface area contributed by atoms with E-state index >= 15 is 0 Å². The van der Waals surface area contributed by atoms with E-state index in [0.29, 0.717) is 4.83 Å². The van der Waals surface area contributed by atoms with Crippen molar-refractivity contribution in [3.8, 4) is 0 Å². The predicted octanol–water partition coefficient (Wildman–Crippen LogP) is 5.97. The Balaban J connectivity index is 1.80.